The van der Waals surface area contributed by atoms with Crippen LogP contribution in [0.4, 0.5) is 5.69 Å². The van der Waals surface area contributed by atoms with Gasteiger partial charge in [-0.1, -0.05) is 13.8 Å². The molecular formula is C13H20N2O3. The minimum atomic E-state index is -0.542. The third-order valence-corrected chi connectivity index (χ3v) is 2.28. The minimum Gasteiger partial charge on any atom is -0.491 e. The van der Waals surface area contributed by atoms with Crippen LogP contribution < -0.4 is 15.4 Å². The van der Waals surface area contributed by atoms with Crippen LogP contribution in [0.1, 0.15) is 13.8 Å². The molecule has 0 spiro atoms. The summed E-state index contributed by atoms with van der Waals surface area (Å²) in [5, 5.41) is 15.3. The average molecular weight is 252 g/mol. The first kappa shape index (κ1) is 14.5. The van der Waals surface area contributed by atoms with Crippen LogP contribution in [-0.4, -0.2) is 36.8 Å². The molecule has 1 aromatic carbocycles. The lowest BCUT2D eigenvalue weighted by Gasteiger charge is -2.15. The molecule has 1 atom stereocenters. The first-order valence-electron chi connectivity index (χ1n) is 5.96. The first-order chi connectivity index (χ1) is 8.61. The molecule has 1 rings (SSSR count). The standard InChI is InChI=1S/C13H20N2O3/c1-10(2)14-7-12(17)8-18-13-5-3-11(4-6-13)15-9-16/h3-6,9-10,12,14,17H,7-8H2,1-2H3,(H,15,16)/t12-/m0/s1. The topological polar surface area (TPSA) is 70.6 Å². The predicted octanol–water partition coefficient (Wildman–Crippen LogP) is 0.993. The summed E-state index contributed by atoms with van der Waals surface area (Å²) in [6.45, 7) is 4.78. The Morgan fingerprint density at radius 1 is 1.33 bits per heavy atom. The average Bonchev–Trinajstić information content (AvgIpc) is 2.36. The summed E-state index contributed by atoms with van der Waals surface area (Å²) < 4.78 is 5.43. The summed E-state index contributed by atoms with van der Waals surface area (Å²) in [7, 11) is 0. The van der Waals surface area contributed by atoms with E-state index < -0.39 is 6.10 Å². The number of amides is 1. The zero-order chi connectivity index (χ0) is 13.4. The largest absolute Gasteiger partial charge is 0.491 e. The molecule has 3 N–H and O–H groups in total. The summed E-state index contributed by atoms with van der Waals surface area (Å²) in [6, 6.07) is 7.31. The molecule has 5 heteroatoms. The van der Waals surface area contributed by atoms with Gasteiger partial charge >= 0.3 is 0 Å². The Morgan fingerprint density at radius 3 is 2.56 bits per heavy atom. The second-order valence-electron chi connectivity index (χ2n) is 4.31. The molecule has 1 amide bonds. The molecular weight excluding hydrogens is 232 g/mol. The number of ether oxygens (including phenoxy) is 1. The monoisotopic (exact) mass is 252 g/mol. The lowest BCUT2D eigenvalue weighted by Crippen LogP contribution is -2.35. The van der Waals surface area contributed by atoms with Crippen molar-refractivity contribution in [3.05, 3.63) is 24.3 Å². The van der Waals surface area contributed by atoms with Gasteiger partial charge in [0.05, 0.1) is 0 Å². The van der Waals surface area contributed by atoms with Crippen molar-refractivity contribution < 1.29 is 14.6 Å². The summed E-state index contributed by atoms with van der Waals surface area (Å²) in [5.74, 6) is 0.662. The van der Waals surface area contributed by atoms with Crippen LogP contribution >= 0.6 is 0 Å². The van der Waals surface area contributed by atoms with Crippen molar-refractivity contribution in [3.8, 4) is 5.75 Å². The molecule has 0 heterocycles. The van der Waals surface area contributed by atoms with Gasteiger partial charge in [0.1, 0.15) is 18.5 Å². The predicted molar refractivity (Wildman–Crippen MR) is 70.8 cm³/mol. The third-order valence-electron chi connectivity index (χ3n) is 2.28. The molecule has 0 radical (unpaired) electrons. The Balaban J connectivity index is 2.31. The van der Waals surface area contributed by atoms with E-state index in [1.165, 1.54) is 0 Å². The van der Waals surface area contributed by atoms with Crippen molar-refractivity contribution in [1.82, 2.24) is 5.32 Å². The maximum absolute atomic E-state index is 10.2. The van der Waals surface area contributed by atoms with E-state index in [4.69, 9.17) is 4.74 Å². The highest BCUT2D eigenvalue weighted by Gasteiger charge is 2.05. The fourth-order valence-electron chi connectivity index (χ4n) is 1.34. The molecule has 0 saturated carbocycles. The van der Waals surface area contributed by atoms with Crippen LogP contribution in [0.3, 0.4) is 0 Å². The minimum absolute atomic E-state index is 0.236. The van der Waals surface area contributed by atoms with E-state index >= 15 is 0 Å². The fraction of sp³-hybridized carbons (Fsp3) is 0.462. The molecule has 0 bridgehead atoms. The van der Waals surface area contributed by atoms with Crippen molar-refractivity contribution in [3.63, 3.8) is 0 Å². The third kappa shape index (κ3) is 5.65. The molecule has 0 aliphatic heterocycles. The Hall–Kier alpha value is -1.59. The van der Waals surface area contributed by atoms with Crippen molar-refractivity contribution in [1.29, 1.82) is 0 Å². The van der Waals surface area contributed by atoms with Crippen LogP contribution in [0.15, 0.2) is 24.3 Å². The summed E-state index contributed by atoms with van der Waals surface area (Å²) in [6.07, 6.45) is 0.0807. The van der Waals surface area contributed by atoms with Gasteiger partial charge < -0.3 is 20.5 Å². The van der Waals surface area contributed by atoms with E-state index in [1.807, 2.05) is 13.8 Å². The Labute approximate surface area is 107 Å². The molecule has 0 fully saturated rings. The highest BCUT2D eigenvalue weighted by atomic mass is 16.5. The molecule has 5 nitrogen and oxygen atoms in total. The van der Waals surface area contributed by atoms with E-state index in [-0.39, 0.29) is 6.61 Å². The second kappa shape index (κ2) is 7.68. The Kier molecular flexibility index (Phi) is 6.18. The number of aliphatic hydroxyl groups is 1. The van der Waals surface area contributed by atoms with E-state index in [1.54, 1.807) is 24.3 Å². The number of aliphatic hydroxyl groups excluding tert-OH is 1. The summed E-state index contributed by atoms with van der Waals surface area (Å²) in [5.41, 5.74) is 0.708. The number of anilines is 1. The zero-order valence-electron chi connectivity index (χ0n) is 10.7. The van der Waals surface area contributed by atoms with Crippen LogP contribution in [0.2, 0.25) is 0 Å². The molecule has 0 aliphatic rings. The van der Waals surface area contributed by atoms with E-state index in [0.717, 1.165) is 0 Å². The quantitative estimate of drug-likeness (QED) is 0.603. The van der Waals surface area contributed by atoms with Crippen LogP contribution in [0.25, 0.3) is 0 Å². The summed E-state index contributed by atoms with van der Waals surface area (Å²) in [4.78, 5) is 10.2. The smallest absolute Gasteiger partial charge is 0.211 e. The number of carbonyl (C=O) groups excluding carboxylic acids is 1. The number of hydrogen-bond donors (Lipinski definition) is 3. The van der Waals surface area contributed by atoms with Crippen LogP contribution in [0.5, 0.6) is 5.75 Å². The van der Waals surface area contributed by atoms with Crippen molar-refractivity contribution in [2.45, 2.75) is 26.0 Å². The van der Waals surface area contributed by atoms with Gasteiger partial charge in [-0.2, -0.15) is 0 Å². The fourth-order valence-corrected chi connectivity index (χ4v) is 1.34. The van der Waals surface area contributed by atoms with E-state index in [2.05, 4.69) is 10.6 Å². The normalized spacial score (nSPS) is 12.2. The Bertz CT molecular complexity index is 352. The molecule has 0 aromatic heterocycles. The lowest BCUT2D eigenvalue weighted by molar-refractivity contribution is -0.105. The Morgan fingerprint density at radius 2 is 2.00 bits per heavy atom. The van der Waals surface area contributed by atoms with E-state index in [0.29, 0.717) is 30.4 Å². The number of carbonyl (C=O) groups is 1. The van der Waals surface area contributed by atoms with Gasteiger partial charge in [0, 0.05) is 18.3 Å². The molecule has 0 unspecified atom stereocenters. The van der Waals surface area contributed by atoms with Crippen LogP contribution in [0, 0.1) is 0 Å². The van der Waals surface area contributed by atoms with Gasteiger partial charge in [0.25, 0.3) is 0 Å². The summed E-state index contributed by atoms with van der Waals surface area (Å²) >= 11 is 0. The van der Waals surface area contributed by atoms with Gasteiger partial charge in [-0.3, -0.25) is 4.79 Å². The molecule has 100 valence electrons. The molecule has 18 heavy (non-hydrogen) atoms. The first-order valence-corrected chi connectivity index (χ1v) is 5.96. The molecule has 0 aliphatic carbocycles. The number of nitrogens with one attached hydrogen (secondary N) is 2. The maximum atomic E-state index is 10.2. The van der Waals surface area contributed by atoms with Gasteiger partial charge in [0.2, 0.25) is 6.41 Å². The highest BCUT2D eigenvalue weighted by Crippen LogP contribution is 2.15. The molecule has 0 saturated heterocycles. The van der Waals surface area contributed by atoms with Gasteiger partial charge in [-0.05, 0) is 24.3 Å². The lowest BCUT2D eigenvalue weighted by atomic mass is 10.3. The molecule has 1 aromatic rings. The highest BCUT2D eigenvalue weighted by molar-refractivity contribution is 5.71. The van der Waals surface area contributed by atoms with E-state index in [9.17, 15) is 9.90 Å². The van der Waals surface area contributed by atoms with Gasteiger partial charge in [-0.15, -0.1) is 0 Å². The van der Waals surface area contributed by atoms with Crippen molar-refractivity contribution >= 4 is 12.1 Å². The number of hydrogen-bond acceptors (Lipinski definition) is 4. The van der Waals surface area contributed by atoms with Gasteiger partial charge in [0.15, 0.2) is 0 Å². The maximum Gasteiger partial charge on any atom is 0.211 e. The second-order valence-corrected chi connectivity index (χ2v) is 4.31. The zero-order valence-corrected chi connectivity index (χ0v) is 10.7. The van der Waals surface area contributed by atoms with Crippen molar-refractivity contribution in [2.24, 2.45) is 0 Å². The number of benzene rings is 1. The van der Waals surface area contributed by atoms with Crippen LogP contribution in [-0.2, 0) is 4.79 Å². The number of rotatable bonds is 8. The van der Waals surface area contributed by atoms with Crippen molar-refractivity contribution in [2.75, 3.05) is 18.5 Å². The SMILES string of the molecule is CC(C)NC[C@H](O)COc1ccc(NC=O)cc1. The van der Waals surface area contributed by atoms with Gasteiger partial charge in [-0.25, -0.2) is 0 Å².